The molecule has 2 heterocycles. The Morgan fingerprint density at radius 2 is 1.94 bits per heavy atom. The molecule has 0 spiro atoms. The average molecular weight is 468 g/mol. The lowest BCUT2D eigenvalue weighted by molar-refractivity contribution is 0.102. The molecule has 2 aromatic carbocycles. The van der Waals surface area contributed by atoms with Crippen molar-refractivity contribution in [3.63, 3.8) is 0 Å². The van der Waals surface area contributed by atoms with E-state index < -0.39 is 0 Å². The number of fused-ring (bicyclic) bond motifs is 3. The predicted octanol–water partition coefficient (Wildman–Crippen LogP) is 4.53. The number of amides is 1. The quantitative estimate of drug-likeness (QED) is 0.408. The Morgan fingerprint density at radius 1 is 1.16 bits per heavy atom. The number of hydrogen-bond acceptors (Lipinski definition) is 7. The van der Waals surface area contributed by atoms with E-state index in [9.17, 15) is 4.79 Å². The Hall–Kier alpha value is -3.43. The van der Waals surface area contributed by atoms with Gasteiger partial charge in [0.15, 0.2) is 17.2 Å². The van der Waals surface area contributed by atoms with Gasteiger partial charge in [-0.3, -0.25) is 10.1 Å². The third-order valence-electron chi connectivity index (χ3n) is 5.23. The fourth-order valence-electron chi connectivity index (χ4n) is 3.85. The second-order valence-electron chi connectivity index (χ2n) is 7.19. The summed E-state index contributed by atoms with van der Waals surface area (Å²) < 4.78 is 12.7. The van der Waals surface area contributed by atoms with E-state index in [-0.39, 0.29) is 5.91 Å². The fraction of sp³-hybridized carbons (Fsp3) is 0.182. The van der Waals surface area contributed by atoms with Gasteiger partial charge in [0.05, 0.1) is 25.6 Å². The molecule has 32 heavy (non-hydrogen) atoms. The van der Waals surface area contributed by atoms with Crippen LogP contribution < -0.4 is 14.8 Å². The van der Waals surface area contributed by atoms with Crippen molar-refractivity contribution >= 4 is 34.0 Å². The number of aromatic nitrogens is 4. The van der Waals surface area contributed by atoms with Crippen molar-refractivity contribution in [2.24, 2.45) is 0 Å². The Labute approximate surface area is 192 Å². The van der Waals surface area contributed by atoms with Crippen molar-refractivity contribution in [1.29, 1.82) is 0 Å². The van der Waals surface area contributed by atoms with Crippen LogP contribution in [0.1, 0.15) is 26.6 Å². The minimum atomic E-state index is -0.343. The van der Waals surface area contributed by atoms with Crippen LogP contribution in [0.15, 0.2) is 36.4 Å². The third-order valence-corrected chi connectivity index (χ3v) is 6.22. The first-order valence-electron chi connectivity index (χ1n) is 9.73. The van der Waals surface area contributed by atoms with Gasteiger partial charge in [0.2, 0.25) is 5.13 Å². The van der Waals surface area contributed by atoms with E-state index in [0.717, 1.165) is 33.1 Å². The summed E-state index contributed by atoms with van der Waals surface area (Å²) in [6, 6.07) is 11.2. The van der Waals surface area contributed by atoms with Crippen LogP contribution in [0.4, 0.5) is 5.13 Å². The first-order valence-corrected chi connectivity index (χ1v) is 10.9. The lowest BCUT2D eigenvalue weighted by Crippen LogP contribution is -2.15. The first-order chi connectivity index (χ1) is 15.5. The SMILES string of the molecule is COc1cc2c(cc1OC)-c1c(c(C(=O)Nc3nnc(C)s3)nn1-c1cccc(Cl)c1)C2. The van der Waals surface area contributed by atoms with Crippen LogP contribution in [0.5, 0.6) is 11.5 Å². The van der Waals surface area contributed by atoms with E-state index in [1.54, 1.807) is 25.0 Å². The van der Waals surface area contributed by atoms with E-state index in [2.05, 4.69) is 20.6 Å². The van der Waals surface area contributed by atoms with Gasteiger partial charge in [0.1, 0.15) is 5.01 Å². The second-order valence-corrected chi connectivity index (χ2v) is 8.81. The molecular formula is C22H18ClN5O3S. The number of aryl methyl sites for hydroxylation is 1. The number of ether oxygens (including phenoxy) is 2. The number of benzene rings is 2. The topological polar surface area (TPSA) is 91.2 Å². The van der Waals surface area contributed by atoms with E-state index in [1.165, 1.54) is 11.3 Å². The largest absolute Gasteiger partial charge is 0.493 e. The fourth-order valence-corrected chi connectivity index (χ4v) is 4.62. The zero-order chi connectivity index (χ0) is 22.4. The third kappa shape index (κ3) is 3.39. The molecule has 10 heteroatoms. The molecule has 0 saturated heterocycles. The maximum atomic E-state index is 13.2. The van der Waals surface area contributed by atoms with Crippen LogP contribution in [-0.2, 0) is 6.42 Å². The van der Waals surface area contributed by atoms with Crippen LogP contribution in [0.2, 0.25) is 5.02 Å². The number of halogens is 1. The summed E-state index contributed by atoms with van der Waals surface area (Å²) in [4.78, 5) is 13.2. The summed E-state index contributed by atoms with van der Waals surface area (Å²) in [5.74, 6) is 0.896. The second kappa shape index (κ2) is 7.92. The van der Waals surface area contributed by atoms with Gasteiger partial charge >= 0.3 is 0 Å². The molecule has 0 atom stereocenters. The van der Waals surface area contributed by atoms with Crippen molar-refractivity contribution in [3.05, 3.63) is 63.2 Å². The van der Waals surface area contributed by atoms with E-state index >= 15 is 0 Å². The molecule has 2 aromatic heterocycles. The molecule has 0 aliphatic heterocycles. The van der Waals surface area contributed by atoms with Gasteiger partial charge < -0.3 is 9.47 Å². The van der Waals surface area contributed by atoms with Gasteiger partial charge in [0.25, 0.3) is 5.91 Å². The van der Waals surface area contributed by atoms with Crippen molar-refractivity contribution < 1.29 is 14.3 Å². The van der Waals surface area contributed by atoms with E-state index in [0.29, 0.717) is 33.8 Å². The highest BCUT2D eigenvalue weighted by Crippen LogP contribution is 2.45. The summed E-state index contributed by atoms with van der Waals surface area (Å²) in [5.41, 5.74) is 4.66. The molecule has 1 aliphatic rings. The van der Waals surface area contributed by atoms with Gasteiger partial charge in [-0.2, -0.15) is 5.10 Å². The first kappa shape index (κ1) is 20.5. The minimum absolute atomic E-state index is 0.321. The van der Waals surface area contributed by atoms with Gasteiger partial charge in [-0.1, -0.05) is 29.0 Å². The van der Waals surface area contributed by atoms with Gasteiger partial charge in [-0.15, -0.1) is 10.2 Å². The molecule has 162 valence electrons. The lowest BCUT2D eigenvalue weighted by Gasteiger charge is -2.12. The molecule has 1 N–H and O–H groups in total. The number of carbonyl (C=O) groups is 1. The molecule has 1 aliphatic carbocycles. The van der Waals surface area contributed by atoms with Crippen molar-refractivity contribution in [3.8, 4) is 28.4 Å². The molecule has 0 fully saturated rings. The Bertz CT molecular complexity index is 1360. The zero-order valence-corrected chi connectivity index (χ0v) is 19.0. The summed E-state index contributed by atoms with van der Waals surface area (Å²) in [6.45, 7) is 1.83. The molecule has 0 unspecified atom stereocenters. The Morgan fingerprint density at radius 3 is 2.62 bits per heavy atom. The van der Waals surface area contributed by atoms with Crippen molar-refractivity contribution in [1.82, 2.24) is 20.0 Å². The number of nitrogens with zero attached hydrogens (tertiary/aromatic N) is 4. The summed E-state index contributed by atoms with van der Waals surface area (Å²) in [6.07, 6.45) is 0.531. The van der Waals surface area contributed by atoms with E-state index in [4.69, 9.17) is 21.1 Å². The van der Waals surface area contributed by atoms with Crippen molar-refractivity contribution in [2.75, 3.05) is 19.5 Å². The predicted molar refractivity (Wildman–Crippen MR) is 123 cm³/mol. The van der Waals surface area contributed by atoms with Gasteiger partial charge in [-0.05, 0) is 42.8 Å². The molecule has 1 amide bonds. The summed E-state index contributed by atoms with van der Waals surface area (Å²) >= 11 is 7.55. The maximum absolute atomic E-state index is 13.2. The van der Waals surface area contributed by atoms with Crippen LogP contribution in [-0.4, -0.2) is 40.1 Å². The summed E-state index contributed by atoms with van der Waals surface area (Å²) in [7, 11) is 3.19. The van der Waals surface area contributed by atoms with Gasteiger partial charge in [-0.25, -0.2) is 4.68 Å². The van der Waals surface area contributed by atoms with Crippen LogP contribution in [0.3, 0.4) is 0 Å². The highest BCUT2D eigenvalue weighted by Gasteiger charge is 2.32. The normalized spacial score (nSPS) is 11.8. The maximum Gasteiger partial charge on any atom is 0.278 e. The molecule has 0 radical (unpaired) electrons. The molecule has 8 nitrogen and oxygen atoms in total. The van der Waals surface area contributed by atoms with E-state index in [1.807, 2.05) is 37.3 Å². The van der Waals surface area contributed by atoms with Crippen LogP contribution in [0.25, 0.3) is 16.9 Å². The molecular weight excluding hydrogens is 450 g/mol. The van der Waals surface area contributed by atoms with Crippen molar-refractivity contribution in [2.45, 2.75) is 13.3 Å². The number of hydrogen-bond donors (Lipinski definition) is 1. The monoisotopic (exact) mass is 467 g/mol. The smallest absolute Gasteiger partial charge is 0.278 e. The number of rotatable bonds is 5. The number of nitrogens with one attached hydrogen (secondary N) is 1. The standard InChI is InChI=1S/C22H18ClN5O3S/c1-11-25-26-22(32-11)24-21(29)19-16-7-12-8-17(30-2)18(31-3)10-15(12)20(16)28(27-19)14-6-4-5-13(23)9-14/h4-6,8-10H,7H2,1-3H3,(H,24,26,29). The highest BCUT2D eigenvalue weighted by atomic mass is 35.5. The molecule has 4 aromatic rings. The lowest BCUT2D eigenvalue weighted by atomic mass is 10.1. The van der Waals surface area contributed by atoms with Crippen LogP contribution in [0, 0.1) is 6.92 Å². The van der Waals surface area contributed by atoms with Crippen LogP contribution >= 0.6 is 22.9 Å². The summed E-state index contributed by atoms with van der Waals surface area (Å²) in [5, 5.41) is 17.2. The minimum Gasteiger partial charge on any atom is -0.493 e. The number of anilines is 1. The Kier molecular flexibility index (Phi) is 5.07. The van der Waals surface area contributed by atoms with Gasteiger partial charge in [0, 0.05) is 22.6 Å². The molecule has 0 bridgehead atoms. The highest BCUT2D eigenvalue weighted by molar-refractivity contribution is 7.15. The zero-order valence-electron chi connectivity index (χ0n) is 17.5. The molecule has 5 rings (SSSR count). The number of carbonyl (C=O) groups excluding carboxylic acids is 1. The average Bonchev–Trinajstić information content (AvgIpc) is 3.46. The Balaban J connectivity index is 1.67. The number of methoxy groups -OCH3 is 2. The molecule has 0 saturated carbocycles.